The van der Waals surface area contributed by atoms with Crippen molar-refractivity contribution in [2.75, 3.05) is 17.7 Å². The number of amides is 1. The van der Waals surface area contributed by atoms with Gasteiger partial charge in [0, 0.05) is 5.39 Å². The molecule has 0 spiro atoms. The molecule has 0 aliphatic heterocycles. The lowest BCUT2D eigenvalue weighted by molar-refractivity contribution is 0.0998. The number of nitrogen functional groups attached to an aromatic ring is 2. The van der Waals surface area contributed by atoms with Crippen LogP contribution in [0.4, 0.5) is 10.8 Å². The Bertz CT molecular complexity index is 850. The Balaban J connectivity index is 0.000000203. The van der Waals surface area contributed by atoms with Crippen molar-refractivity contribution in [1.82, 2.24) is 10.2 Å². The average molecular weight is 349 g/mol. The van der Waals surface area contributed by atoms with E-state index in [9.17, 15) is 9.90 Å². The Hall–Kier alpha value is -2.52. The number of benzene rings is 2. The number of rotatable bonds is 2. The van der Waals surface area contributed by atoms with Crippen LogP contribution in [0.15, 0.2) is 34.7 Å². The lowest BCUT2D eigenvalue weighted by Gasteiger charge is -2.07. The molecule has 0 unspecified atom stereocenters. The third-order valence-corrected chi connectivity index (χ3v) is 4.65. The molecule has 9 heteroatoms. The largest absolute Gasteiger partial charge is 0.505 e. The van der Waals surface area contributed by atoms with Crippen molar-refractivity contribution in [3.8, 4) is 5.75 Å². The summed E-state index contributed by atoms with van der Waals surface area (Å²) in [6.45, 7) is 0. The summed E-state index contributed by atoms with van der Waals surface area (Å²) in [7, 11) is 0. The molecule has 23 heavy (non-hydrogen) atoms. The first-order valence-electron chi connectivity index (χ1n) is 6.37. The number of thioether (sulfide) groups is 1. The Kier molecular flexibility index (Phi) is 5.24. The lowest BCUT2D eigenvalue weighted by atomic mass is 10.0. The molecule has 3 rings (SSSR count). The Labute approximate surface area is 140 Å². The van der Waals surface area contributed by atoms with Crippen LogP contribution in [0.3, 0.4) is 0 Å². The monoisotopic (exact) mass is 349 g/mol. The minimum Gasteiger partial charge on any atom is -0.505 e. The summed E-state index contributed by atoms with van der Waals surface area (Å²) in [5.74, 6) is -0.939. The van der Waals surface area contributed by atoms with Crippen molar-refractivity contribution in [2.45, 2.75) is 4.34 Å². The highest BCUT2D eigenvalue weighted by atomic mass is 32.2. The first kappa shape index (κ1) is 16.8. The fourth-order valence-corrected chi connectivity index (χ4v) is 2.91. The first-order valence-corrected chi connectivity index (χ1v) is 8.41. The van der Waals surface area contributed by atoms with Crippen LogP contribution in [0, 0.1) is 0 Å². The first-order chi connectivity index (χ1) is 10.9. The molecule has 0 atom stereocenters. The van der Waals surface area contributed by atoms with E-state index < -0.39 is 5.91 Å². The molecule has 1 heterocycles. The highest BCUT2D eigenvalue weighted by molar-refractivity contribution is 8.00. The molecule has 1 amide bonds. The van der Waals surface area contributed by atoms with Crippen LogP contribution in [0.5, 0.6) is 5.75 Å². The molecular formula is C14H15N5O2S2. The summed E-state index contributed by atoms with van der Waals surface area (Å²) in [6.07, 6.45) is 1.94. The van der Waals surface area contributed by atoms with E-state index >= 15 is 0 Å². The molecule has 7 nitrogen and oxygen atoms in total. The van der Waals surface area contributed by atoms with Gasteiger partial charge in [0.15, 0.2) is 10.1 Å². The zero-order valence-corrected chi connectivity index (χ0v) is 13.8. The molecule has 1 aromatic heterocycles. The summed E-state index contributed by atoms with van der Waals surface area (Å²) < 4.78 is 0.919. The van der Waals surface area contributed by atoms with E-state index in [1.165, 1.54) is 17.4 Å². The number of hydrogen-bond donors (Lipinski definition) is 4. The number of anilines is 2. The highest BCUT2D eigenvalue weighted by Gasteiger charge is 2.13. The standard InChI is InChI=1S/C11H10N2O2.C3H5N3S2/c12-9-7-4-2-1-3-6(7)5-8(10(9)14)11(13)15;1-7-3-6-5-2(4)8-3/h1-5,14H,12H2,(H2,13,15);1H3,(H2,4,5). The number of nitrogens with two attached hydrogens (primary N) is 3. The highest BCUT2D eigenvalue weighted by Crippen LogP contribution is 2.33. The molecule has 0 aliphatic carbocycles. The van der Waals surface area contributed by atoms with E-state index in [1.807, 2.05) is 18.4 Å². The molecule has 0 saturated heterocycles. The van der Waals surface area contributed by atoms with Gasteiger partial charge in [-0.3, -0.25) is 4.79 Å². The molecule has 0 saturated carbocycles. The maximum Gasteiger partial charge on any atom is 0.252 e. The molecule has 0 aliphatic rings. The van der Waals surface area contributed by atoms with Crippen LogP contribution in [-0.2, 0) is 0 Å². The lowest BCUT2D eigenvalue weighted by Crippen LogP contribution is -2.11. The molecule has 2 aromatic carbocycles. The van der Waals surface area contributed by atoms with E-state index in [1.54, 1.807) is 23.9 Å². The van der Waals surface area contributed by atoms with Gasteiger partial charge in [0.1, 0.15) is 0 Å². The number of carbonyl (C=O) groups is 1. The van der Waals surface area contributed by atoms with Gasteiger partial charge < -0.3 is 22.3 Å². The van der Waals surface area contributed by atoms with Gasteiger partial charge in [-0.25, -0.2) is 0 Å². The van der Waals surface area contributed by atoms with Gasteiger partial charge in [-0.1, -0.05) is 47.4 Å². The van der Waals surface area contributed by atoms with Crippen molar-refractivity contribution >= 4 is 50.6 Å². The number of hydrogen-bond acceptors (Lipinski definition) is 8. The third kappa shape index (κ3) is 3.82. The minimum atomic E-state index is -0.690. The summed E-state index contributed by atoms with van der Waals surface area (Å²) in [5, 5.41) is 19.0. The smallest absolute Gasteiger partial charge is 0.252 e. The molecule has 7 N–H and O–H groups in total. The van der Waals surface area contributed by atoms with E-state index in [2.05, 4.69) is 10.2 Å². The van der Waals surface area contributed by atoms with Crippen LogP contribution in [0.2, 0.25) is 0 Å². The second-order valence-electron chi connectivity index (χ2n) is 4.38. The van der Waals surface area contributed by atoms with Crippen molar-refractivity contribution in [2.24, 2.45) is 5.73 Å². The molecule has 120 valence electrons. The number of aromatic nitrogens is 2. The third-order valence-electron chi connectivity index (χ3n) is 2.92. The van der Waals surface area contributed by atoms with Crippen LogP contribution < -0.4 is 17.2 Å². The topological polar surface area (TPSA) is 141 Å². The number of fused-ring (bicyclic) bond motifs is 1. The van der Waals surface area contributed by atoms with Gasteiger partial charge in [-0.05, 0) is 17.7 Å². The molecular weight excluding hydrogens is 334 g/mol. The van der Waals surface area contributed by atoms with Gasteiger partial charge >= 0.3 is 0 Å². The normalized spacial score (nSPS) is 10.1. The average Bonchev–Trinajstić information content (AvgIpc) is 2.97. The molecule has 0 bridgehead atoms. The predicted octanol–water partition coefficient (Wildman–Crippen LogP) is 2.07. The Morgan fingerprint density at radius 1 is 1.26 bits per heavy atom. The van der Waals surface area contributed by atoms with E-state index in [0.717, 1.165) is 9.73 Å². The minimum absolute atomic E-state index is 0.0474. The number of nitrogens with zero attached hydrogens (tertiary/aromatic N) is 2. The van der Waals surface area contributed by atoms with Crippen LogP contribution in [0.1, 0.15) is 10.4 Å². The number of aromatic hydroxyl groups is 1. The molecule has 0 fully saturated rings. The fraction of sp³-hybridized carbons (Fsp3) is 0.0714. The zero-order valence-electron chi connectivity index (χ0n) is 12.2. The molecule has 3 aromatic rings. The van der Waals surface area contributed by atoms with E-state index in [-0.39, 0.29) is 17.0 Å². The fourth-order valence-electron chi connectivity index (χ4n) is 1.86. The van der Waals surface area contributed by atoms with E-state index in [0.29, 0.717) is 10.5 Å². The molecule has 0 radical (unpaired) electrons. The number of primary amides is 1. The number of carbonyl (C=O) groups excluding carboxylic acids is 1. The maximum absolute atomic E-state index is 11.0. The predicted molar refractivity (Wildman–Crippen MR) is 94.6 cm³/mol. The summed E-state index contributed by atoms with van der Waals surface area (Å²) in [5.41, 5.74) is 16.3. The van der Waals surface area contributed by atoms with Crippen LogP contribution in [0.25, 0.3) is 10.8 Å². The van der Waals surface area contributed by atoms with Crippen molar-refractivity contribution in [3.63, 3.8) is 0 Å². The van der Waals surface area contributed by atoms with E-state index in [4.69, 9.17) is 17.2 Å². The summed E-state index contributed by atoms with van der Waals surface area (Å²) in [4.78, 5) is 11.0. The van der Waals surface area contributed by atoms with Gasteiger partial charge in [0.2, 0.25) is 5.13 Å². The van der Waals surface area contributed by atoms with Crippen LogP contribution in [-0.4, -0.2) is 27.5 Å². The van der Waals surface area contributed by atoms with Gasteiger partial charge in [-0.15, -0.1) is 10.2 Å². The van der Waals surface area contributed by atoms with Crippen molar-refractivity contribution in [3.05, 3.63) is 35.9 Å². The van der Waals surface area contributed by atoms with Crippen LogP contribution >= 0.6 is 23.1 Å². The zero-order chi connectivity index (χ0) is 17.0. The Morgan fingerprint density at radius 2 is 1.96 bits per heavy atom. The number of phenols is 1. The summed E-state index contributed by atoms with van der Waals surface area (Å²) in [6, 6.07) is 8.74. The van der Waals surface area contributed by atoms with Gasteiger partial charge in [-0.2, -0.15) is 0 Å². The van der Waals surface area contributed by atoms with Crippen molar-refractivity contribution in [1.29, 1.82) is 0 Å². The van der Waals surface area contributed by atoms with Gasteiger partial charge in [0.05, 0.1) is 11.3 Å². The summed E-state index contributed by atoms with van der Waals surface area (Å²) >= 11 is 2.96. The van der Waals surface area contributed by atoms with Crippen molar-refractivity contribution < 1.29 is 9.90 Å². The second kappa shape index (κ2) is 7.16. The quantitative estimate of drug-likeness (QED) is 0.315. The SMILES string of the molecule is CSc1nnc(N)s1.NC(=O)c1cc2ccccc2c(N)c1O. The van der Waals surface area contributed by atoms with Gasteiger partial charge in [0.25, 0.3) is 5.91 Å². The Morgan fingerprint density at radius 3 is 2.48 bits per heavy atom. The maximum atomic E-state index is 11.0. The second-order valence-corrected chi connectivity index (χ2v) is 6.44.